The van der Waals surface area contributed by atoms with Gasteiger partial charge in [-0.15, -0.1) is 0 Å². The van der Waals surface area contributed by atoms with Crippen LogP contribution in [0.3, 0.4) is 0 Å². The van der Waals surface area contributed by atoms with Crippen molar-refractivity contribution in [1.82, 2.24) is 0 Å². The van der Waals surface area contributed by atoms with Crippen molar-refractivity contribution in [3.05, 3.63) is 35.9 Å². The molecule has 15 heavy (non-hydrogen) atoms. The molecule has 0 aliphatic heterocycles. The molecule has 5 heteroatoms. The number of sulfone groups is 1. The van der Waals surface area contributed by atoms with Gasteiger partial charge in [0.25, 0.3) is 0 Å². The number of benzene rings is 1. The monoisotopic (exact) mass is 225 g/mol. The van der Waals surface area contributed by atoms with E-state index in [1.165, 1.54) is 18.2 Å². The van der Waals surface area contributed by atoms with Crippen LogP contribution >= 0.6 is 0 Å². The van der Waals surface area contributed by atoms with E-state index in [1.54, 1.807) is 6.07 Å². The molecule has 0 atom stereocenters. The molecule has 0 saturated carbocycles. The van der Waals surface area contributed by atoms with Gasteiger partial charge >= 0.3 is 0 Å². The van der Waals surface area contributed by atoms with Crippen molar-refractivity contribution >= 4 is 21.8 Å². The van der Waals surface area contributed by atoms with Crippen LogP contribution in [0.5, 0.6) is 0 Å². The third kappa shape index (κ3) is 2.44. The molecule has 1 rings (SSSR count). The van der Waals surface area contributed by atoms with E-state index in [9.17, 15) is 13.2 Å². The van der Waals surface area contributed by atoms with Crippen molar-refractivity contribution in [2.75, 3.05) is 6.26 Å². The predicted molar refractivity (Wildman–Crippen MR) is 58.2 cm³/mol. The summed E-state index contributed by atoms with van der Waals surface area (Å²) in [6, 6.07) is 4.33. The Morgan fingerprint density at radius 2 is 2.07 bits per heavy atom. The number of amides is 1. The highest BCUT2D eigenvalue weighted by molar-refractivity contribution is 7.90. The third-order valence-electron chi connectivity index (χ3n) is 1.90. The van der Waals surface area contributed by atoms with Gasteiger partial charge in [0, 0.05) is 6.26 Å². The van der Waals surface area contributed by atoms with Gasteiger partial charge in [0.1, 0.15) is 0 Å². The Hall–Kier alpha value is -1.62. The molecule has 0 aliphatic rings. The summed E-state index contributed by atoms with van der Waals surface area (Å²) in [6.45, 7) is 3.52. The largest absolute Gasteiger partial charge is 0.366 e. The van der Waals surface area contributed by atoms with E-state index in [-0.39, 0.29) is 10.5 Å². The Morgan fingerprint density at radius 1 is 1.47 bits per heavy atom. The standard InChI is InChI=1S/C10H11NO3S/c1-3-7-4-5-9(15(2,13)14)8(6-7)10(11)12/h3-6H,1H2,2H3,(H2,11,12). The summed E-state index contributed by atoms with van der Waals surface area (Å²) in [7, 11) is -3.44. The van der Waals surface area contributed by atoms with E-state index in [4.69, 9.17) is 5.73 Å². The predicted octanol–water partition coefficient (Wildman–Crippen LogP) is 0.832. The third-order valence-corrected chi connectivity index (χ3v) is 3.06. The van der Waals surface area contributed by atoms with Gasteiger partial charge in [-0.25, -0.2) is 8.42 Å². The zero-order chi connectivity index (χ0) is 11.6. The molecule has 0 spiro atoms. The van der Waals surface area contributed by atoms with Crippen LogP contribution in [0.15, 0.2) is 29.7 Å². The number of hydrogen-bond acceptors (Lipinski definition) is 3. The van der Waals surface area contributed by atoms with Gasteiger partial charge in [0.05, 0.1) is 10.5 Å². The smallest absolute Gasteiger partial charge is 0.250 e. The van der Waals surface area contributed by atoms with Crippen molar-refractivity contribution in [2.24, 2.45) is 5.73 Å². The van der Waals surface area contributed by atoms with Crippen LogP contribution in [-0.4, -0.2) is 20.6 Å². The number of rotatable bonds is 3. The Labute approximate surface area is 88.3 Å². The molecule has 0 saturated heterocycles. The lowest BCUT2D eigenvalue weighted by molar-refractivity contribution is 0.0997. The lowest BCUT2D eigenvalue weighted by Gasteiger charge is -2.05. The summed E-state index contributed by atoms with van der Waals surface area (Å²) in [5, 5.41) is 0. The van der Waals surface area contributed by atoms with E-state index >= 15 is 0 Å². The SMILES string of the molecule is C=Cc1ccc(S(C)(=O)=O)c(C(N)=O)c1. The summed E-state index contributed by atoms with van der Waals surface area (Å²) < 4.78 is 22.6. The van der Waals surface area contributed by atoms with Gasteiger partial charge in [-0.3, -0.25) is 4.79 Å². The molecule has 0 aliphatic carbocycles. The minimum absolute atomic E-state index is 0.00472. The first-order valence-electron chi connectivity index (χ1n) is 4.12. The summed E-state index contributed by atoms with van der Waals surface area (Å²) in [5.74, 6) is -0.765. The Kier molecular flexibility index (Phi) is 2.95. The highest BCUT2D eigenvalue weighted by Gasteiger charge is 2.16. The van der Waals surface area contributed by atoms with E-state index in [2.05, 4.69) is 6.58 Å². The molecule has 0 bridgehead atoms. The van der Waals surface area contributed by atoms with Crippen LogP contribution < -0.4 is 5.73 Å². The van der Waals surface area contributed by atoms with Crippen LogP contribution in [0.25, 0.3) is 6.08 Å². The quantitative estimate of drug-likeness (QED) is 0.827. The molecule has 1 aromatic carbocycles. The molecule has 0 heterocycles. The van der Waals surface area contributed by atoms with Crippen molar-refractivity contribution in [2.45, 2.75) is 4.90 Å². The summed E-state index contributed by atoms with van der Waals surface area (Å²) in [5.41, 5.74) is 5.74. The van der Waals surface area contributed by atoms with Gasteiger partial charge in [0.2, 0.25) is 5.91 Å². The second-order valence-electron chi connectivity index (χ2n) is 3.10. The first kappa shape index (κ1) is 11.5. The zero-order valence-electron chi connectivity index (χ0n) is 8.23. The van der Waals surface area contributed by atoms with Crippen molar-refractivity contribution < 1.29 is 13.2 Å². The summed E-state index contributed by atoms with van der Waals surface area (Å²) in [4.78, 5) is 11.0. The topological polar surface area (TPSA) is 77.2 Å². The number of nitrogens with two attached hydrogens (primary N) is 1. The maximum atomic E-state index is 11.3. The average molecular weight is 225 g/mol. The van der Waals surface area contributed by atoms with Crippen molar-refractivity contribution in [3.8, 4) is 0 Å². The van der Waals surface area contributed by atoms with Crippen LogP contribution in [0.2, 0.25) is 0 Å². The Balaban J connectivity index is 3.54. The average Bonchev–Trinajstić information content (AvgIpc) is 2.15. The lowest BCUT2D eigenvalue weighted by Crippen LogP contribution is -2.16. The van der Waals surface area contributed by atoms with Gasteiger partial charge in [-0.05, 0) is 17.7 Å². The van der Waals surface area contributed by atoms with Crippen LogP contribution in [0.1, 0.15) is 15.9 Å². The van der Waals surface area contributed by atoms with Gasteiger partial charge in [-0.1, -0.05) is 18.7 Å². The molecule has 1 amide bonds. The fourth-order valence-electron chi connectivity index (χ4n) is 1.19. The molecule has 2 N–H and O–H groups in total. The minimum Gasteiger partial charge on any atom is -0.366 e. The molecule has 80 valence electrons. The molecule has 0 radical (unpaired) electrons. The van der Waals surface area contributed by atoms with Gasteiger partial charge in [0.15, 0.2) is 9.84 Å². The van der Waals surface area contributed by atoms with E-state index in [1.807, 2.05) is 0 Å². The van der Waals surface area contributed by atoms with E-state index in [0.717, 1.165) is 6.26 Å². The number of carbonyl (C=O) groups excluding carboxylic acids is 1. The van der Waals surface area contributed by atoms with Crippen LogP contribution in [0.4, 0.5) is 0 Å². The number of hydrogen-bond donors (Lipinski definition) is 1. The normalized spacial score (nSPS) is 11.0. The van der Waals surface area contributed by atoms with Crippen LogP contribution in [-0.2, 0) is 9.84 Å². The lowest BCUT2D eigenvalue weighted by atomic mass is 10.1. The highest BCUT2D eigenvalue weighted by Crippen LogP contribution is 2.17. The van der Waals surface area contributed by atoms with Gasteiger partial charge < -0.3 is 5.73 Å². The van der Waals surface area contributed by atoms with E-state index in [0.29, 0.717) is 5.56 Å². The van der Waals surface area contributed by atoms with E-state index < -0.39 is 15.7 Å². The maximum Gasteiger partial charge on any atom is 0.250 e. The van der Waals surface area contributed by atoms with Crippen LogP contribution in [0, 0.1) is 0 Å². The number of primary amides is 1. The van der Waals surface area contributed by atoms with Crippen molar-refractivity contribution in [3.63, 3.8) is 0 Å². The second-order valence-corrected chi connectivity index (χ2v) is 5.08. The molecular weight excluding hydrogens is 214 g/mol. The first-order valence-corrected chi connectivity index (χ1v) is 6.01. The second kappa shape index (κ2) is 3.86. The zero-order valence-corrected chi connectivity index (χ0v) is 9.04. The fourth-order valence-corrected chi connectivity index (χ4v) is 2.06. The minimum atomic E-state index is -3.44. The maximum absolute atomic E-state index is 11.3. The first-order chi connectivity index (χ1) is 6.86. The fraction of sp³-hybridized carbons (Fsp3) is 0.100. The van der Waals surface area contributed by atoms with Gasteiger partial charge in [-0.2, -0.15) is 0 Å². The molecule has 0 aromatic heterocycles. The molecule has 0 fully saturated rings. The molecule has 4 nitrogen and oxygen atoms in total. The molecular formula is C10H11NO3S. The Bertz CT molecular complexity index is 517. The summed E-state index contributed by atoms with van der Waals surface area (Å²) >= 11 is 0. The number of carbonyl (C=O) groups is 1. The highest BCUT2D eigenvalue weighted by atomic mass is 32.2. The Morgan fingerprint density at radius 3 is 2.47 bits per heavy atom. The summed E-state index contributed by atoms with van der Waals surface area (Å²) in [6.07, 6.45) is 2.54. The molecule has 0 unspecified atom stereocenters. The van der Waals surface area contributed by atoms with Crippen molar-refractivity contribution in [1.29, 1.82) is 0 Å². The molecule has 1 aromatic rings.